The number of imidazole rings is 1. The van der Waals surface area contributed by atoms with Crippen molar-refractivity contribution in [3.05, 3.63) is 6.33 Å². The second-order valence-corrected chi connectivity index (χ2v) is 11.5. The molecule has 3 fully saturated rings. The van der Waals surface area contributed by atoms with E-state index in [0.717, 1.165) is 80.8 Å². The van der Waals surface area contributed by atoms with Gasteiger partial charge in [0.15, 0.2) is 17.0 Å². The van der Waals surface area contributed by atoms with Crippen LogP contribution in [0.1, 0.15) is 103 Å². The van der Waals surface area contributed by atoms with Crippen LogP contribution in [-0.2, 0) is 4.74 Å². The fourth-order valence-electron chi connectivity index (χ4n) is 6.40. The highest BCUT2D eigenvalue weighted by molar-refractivity contribution is 5.84. The third kappa shape index (κ3) is 7.12. The number of nitrogens with zero attached hydrogens (tertiary/aromatic N) is 5. The zero-order valence-corrected chi connectivity index (χ0v) is 22.8. The monoisotopic (exact) mass is 512 g/mol. The lowest BCUT2D eigenvalue weighted by Gasteiger charge is -2.32. The van der Waals surface area contributed by atoms with Crippen LogP contribution < -0.4 is 16.5 Å². The first kappa shape index (κ1) is 26.6. The molecule has 0 bridgehead atoms. The molecular formula is C28H48N8O. The minimum Gasteiger partial charge on any atom is -0.382 e. The van der Waals surface area contributed by atoms with E-state index in [1.807, 2.05) is 6.33 Å². The molecule has 3 heterocycles. The lowest BCUT2D eigenvalue weighted by atomic mass is 9.92. The van der Waals surface area contributed by atoms with E-state index in [4.69, 9.17) is 25.4 Å². The van der Waals surface area contributed by atoms with Crippen molar-refractivity contribution in [2.75, 3.05) is 37.0 Å². The molecule has 4 N–H and O–H groups in total. The van der Waals surface area contributed by atoms with E-state index in [1.54, 1.807) is 0 Å². The second kappa shape index (κ2) is 13.2. The molecule has 37 heavy (non-hydrogen) atoms. The number of hydrogen-bond donors (Lipinski definition) is 3. The highest BCUT2D eigenvalue weighted by Crippen LogP contribution is 2.34. The van der Waals surface area contributed by atoms with Crippen LogP contribution in [0.3, 0.4) is 0 Å². The van der Waals surface area contributed by atoms with Gasteiger partial charge < -0.3 is 25.8 Å². The van der Waals surface area contributed by atoms with Crippen LogP contribution in [0, 0.1) is 5.92 Å². The number of unbranched alkanes of at least 4 members (excludes halogenated alkanes) is 2. The van der Waals surface area contributed by atoms with Gasteiger partial charge in [-0.3, -0.25) is 0 Å². The third-order valence-electron chi connectivity index (χ3n) is 8.73. The quantitative estimate of drug-likeness (QED) is 0.331. The molecule has 5 rings (SSSR count). The molecule has 1 aliphatic heterocycles. The molecule has 2 aliphatic carbocycles. The van der Waals surface area contributed by atoms with Crippen molar-refractivity contribution >= 4 is 22.9 Å². The van der Waals surface area contributed by atoms with E-state index >= 15 is 0 Å². The molecule has 2 saturated carbocycles. The number of nitrogens with two attached hydrogens (primary N) is 1. The molecule has 0 aromatic carbocycles. The lowest BCUT2D eigenvalue weighted by Crippen LogP contribution is -2.38. The smallest absolute Gasteiger partial charge is 0.227 e. The second-order valence-electron chi connectivity index (χ2n) is 11.5. The van der Waals surface area contributed by atoms with Gasteiger partial charge in [0.25, 0.3) is 0 Å². The number of anilines is 2. The van der Waals surface area contributed by atoms with E-state index in [2.05, 4.69) is 27.2 Å². The van der Waals surface area contributed by atoms with Gasteiger partial charge in [-0.1, -0.05) is 32.1 Å². The minimum atomic E-state index is 0.334. The summed E-state index contributed by atoms with van der Waals surface area (Å²) in [6, 6.07) is 1.22. The lowest BCUT2D eigenvalue weighted by molar-refractivity contribution is 0.141. The summed E-state index contributed by atoms with van der Waals surface area (Å²) in [7, 11) is 0. The normalized spacial score (nSPS) is 24.2. The van der Waals surface area contributed by atoms with Gasteiger partial charge in [-0.15, -0.1) is 0 Å². The predicted octanol–water partition coefficient (Wildman–Crippen LogP) is 5.26. The SMILES string of the molecule is CCOCCCCCC1CCN(Nc2nc(N[C@H]3CC[C@H](N)CC3)nc3c2ncn3C2CCCC2)CC1. The molecule has 2 aromatic rings. The first-order valence-electron chi connectivity index (χ1n) is 15.1. The van der Waals surface area contributed by atoms with Gasteiger partial charge >= 0.3 is 0 Å². The van der Waals surface area contributed by atoms with E-state index in [1.165, 1.54) is 64.2 Å². The number of aromatic nitrogens is 4. The number of hydrogen-bond acceptors (Lipinski definition) is 8. The van der Waals surface area contributed by atoms with Crippen LogP contribution in [0.25, 0.3) is 11.2 Å². The van der Waals surface area contributed by atoms with Gasteiger partial charge in [-0.25, -0.2) is 9.99 Å². The van der Waals surface area contributed by atoms with Crippen molar-refractivity contribution in [2.45, 2.75) is 115 Å². The molecule has 9 nitrogen and oxygen atoms in total. The zero-order chi connectivity index (χ0) is 25.5. The van der Waals surface area contributed by atoms with Crippen LogP contribution >= 0.6 is 0 Å². The van der Waals surface area contributed by atoms with Gasteiger partial charge in [-0.05, 0) is 70.6 Å². The maximum absolute atomic E-state index is 6.14. The van der Waals surface area contributed by atoms with Gasteiger partial charge in [0.1, 0.15) is 0 Å². The average Bonchev–Trinajstić information content (AvgIpc) is 3.59. The van der Waals surface area contributed by atoms with Crippen LogP contribution in [0.2, 0.25) is 0 Å². The maximum Gasteiger partial charge on any atom is 0.227 e. The fraction of sp³-hybridized carbons (Fsp3) is 0.821. The van der Waals surface area contributed by atoms with Gasteiger partial charge in [0.05, 0.1) is 6.33 Å². The third-order valence-corrected chi connectivity index (χ3v) is 8.73. The first-order valence-corrected chi connectivity index (χ1v) is 15.1. The summed E-state index contributed by atoms with van der Waals surface area (Å²) in [6.07, 6.45) is 18.8. The highest BCUT2D eigenvalue weighted by atomic mass is 16.5. The van der Waals surface area contributed by atoms with Gasteiger partial charge in [0, 0.05) is 44.4 Å². The summed E-state index contributed by atoms with van der Waals surface area (Å²) < 4.78 is 7.77. The predicted molar refractivity (Wildman–Crippen MR) is 150 cm³/mol. The Kier molecular flexibility index (Phi) is 9.50. The van der Waals surface area contributed by atoms with Gasteiger partial charge in [-0.2, -0.15) is 9.97 Å². The summed E-state index contributed by atoms with van der Waals surface area (Å²) >= 11 is 0. The van der Waals surface area contributed by atoms with Crippen LogP contribution in [-0.4, -0.2) is 62.9 Å². The minimum absolute atomic E-state index is 0.334. The average molecular weight is 513 g/mol. The molecule has 1 saturated heterocycles. The Bertz CT molecular complexity index is 958. The maximum atomic E-state index is 6.14. The van der Waals surface area contributed by atoms with Crippen LogP contribution in [0.5, 0.6) is 0 Å². The largest absolute Gasteiger partial charge is 0.382 e. The van der Waals surface area contributed by atoms with E-state index in [9.17, 15) is 0 Å². The Balaban J connectivity index is 1.23. The topological polar surface area (TPSA) is 106 Å². The zero-order valence-electron chi connectivity index (χ0n) is 22.8. The molecule has 206 valence electrons. The Labute approximate surface area is 222 Å². The number of hydrazine groups is 1. The Morgan fingerprint density at radius 1 is 0.973 bits per heavy atom. The summed E-state index contributed by atoms with van der Waals surface area (Å²) in [5, 5.41) is 5.98. The van der Waals surface area contributed by atoms with Crippen LogP contribution in [0.4, 0.5) is 11.8 Å². The number of fused-ring (bicyclic) bond motifs is 1. The summed E-state index contributed by atoms with van der Waals surface area (Å²) in [5.74, 6) is 2.38. The summed E-state index contributed by atoms with van der Waals surface area (Å²) in [6.45, 7) is 5.90. The molecule has 0 atom stereocenters. The van der Waals surface area contributed by atoms with E-state index < -0.39 is 0 Å². The van der Waals surface area contributed by atoms with E-state index in [0.29, 0.717) is 18.1 Å². The number of nitrogens with one attached hydrogen (secondary N) is 2. The Hall–Kier alpha value is -1.97. The molecule has 0 spiro atoms. The number of piperidine rings is 1. The van der Waals surface area contributed by atoms with Crippen molar-refractivity contribution in [1.29, 1.82) is 0 Å². The Morgan fingerprint density at radius 2 is 1.76 bits per heavy atom. The summed E-state index contributed by atoms with van der Waals surface area (Å²) in [4.78, 5) is 14.8. The molecule has 0 amide bonds. The molecule has 0 unspecified atom stereocenters. The van der Waals surface area contributed by atoms with Crippen molar-refractivity contribution in [2.24, 2.45) is 11.7 Å². The van der Waals surface area contributed by atoms with E-state index in [-0.39, 0.29) is 0 Å². The van der Waals surface area contributed by atoms with Crippen LogP contribution in [0.15, 0.2) is 6.33 Å². The molecule has 0 radical (unpaired) electrons. The van der Waals surface area contributed by atoms with Crippen molar-refractivity contribution < 1.29 is 4.74 Å². The number of rotatable bonds is 12. The highest BCUT2D eigenvalue weighted by Gasteiger charge is 2.25. The summed E-state index contributed by atoms with van der Waals surface area (Å²) in [5.41, 5.74) is 11.6. The molecule has 3 aliphatic rings. The van der Waals surface area contributed by atoms with Gasteiger partial charge in [0.2, 0.25) is 5.95 Å². The van der Waals surface area contributed by atoms with Crippen molar-refractivity contribution in [3.63, 3.8) is 0 Å². The fourth-order valence-corrected chi connectivity index (χ4v) is 6.40. The number of ether oxygens (including phenoxy) is 1. The molecular weight excluding hydrogens is 464 g/mol. The standard InChI is InChI=1S/C28H48N8O/c1-2-37-19-7-3-4-8-21-15-17-35(18-16-21)34-26-25-27(36(20-30-25)24-9-5-6-10-24)33-28(32-26)31-23-13-11-22(29)12-14-23/h20-24H,2-19,29H2,1H3,(H2,31,32,33,34)/t22-,23-. The Morgan fingerprint density at radius 3 is 2.51 bits per heavy atom. The molecule has 2 aromatic heterocycles. The first-order chi connectivity index (χ1) is 18.2. The van der Waals surface area contributed by atoms with Crippen molar-refractivity contribution in [1.82, 2.24) is 24.5 Å². The van der Waals surface area contributed by atoms with Crippen molar-refractivity contribution in [3.8, 4) is 0 Å². The molecule has 9 heteroatoms.